The molecule has 2 heterocycles. The van der Waals surface area contributed by atoms with E-state index in [1.165, 1.54) is 10.6 Å². The summed E-state index contributed by atoms with van der Waals surface area (Å²) in [5, 5.41) is 11.6. The molecule has 1 amide bonds. The third-order valence-electron chi connectivity index (χ3n) is 4.68. The summed E-state index contributed by atoms with van der Waals surface area (Å²) < 4.78 is 6.88. The smallest absolute Gasteiger partial charge is 0.410 e. The van der Waals surface area contributed by atoms with Gasteiger partial charge in [-0.25, -0.2) is 4.79 Å². The first-order valence-electron chi connectivity index (χ1n) is 8.39. The van der Waals surface area contributed by atoms with Crippen LogP contribution in [0.15, 0.2) is 23.1 Å². The highest BCUT2D eigenvalue weighted by atomic mass is 35.5. The number of amides is 1. The standard InChI is InChI=1S/C18H27ClN2O4/c1-16(2,3)25-15(23)21-9-7-18(24,17(4,5)11-21)12-20-8-6-13(19)10-14(20)22/h6,8,10,24H,7,9,11-12H2,1-5H3/t18-/m1/s1. The topological polar surface area (TPSA) is 71.8 Å². The van der Waals surface area contributed by atoms with Gasteiger partial charge in [0.2, 0.25) is 0 Å². The van der Waals surface area contributed by atoms with Gasteiger partial charge in [-0.05, 0) is 33.3 Å². The number of hydrogen-bond donors (Lipinski definition) is 1. The molecule has 1 aliphatic rings. The van der Waals surface area contributed by atoms with Crippen LogP contribution in [0.2, 0.25) is 5.02 Å². The number of likely N-dealkylation sites (tertiary alicyclic amines) is 1. The fourth-order valence-electron chi connectivity index (χ4n) is 3.03. The van der Waals surface area contributed by atoms with E-state index in [4.69, 9.17) is 16.3 Å². The maximum atomic E-state index is 12.3. The summed E-state index contributed by atoms with van der Waals surface area (Å²) in [4.78, 5) is 26.0. The molecule has 1 N–H and O–H groups in total. The average molecular weight is 371 g/mol. The first-order valence-corrected chi connectivity index (χ1v) is 8.77. The molecule has 2 rings (SSSR count). The number of carbonyl (C=O) groups is 1. The van der Waals surface area contributed by atoms with Crippen LogP contribution in [0, 0.1) is 5.41 Å². The molecule has 1 aromatic rings. The van der Waals surface area contributed by atoms with Crippen LogP contribution >= 0.6 is 11.6 Å². The van der Waals surface area contributed by atoms with Crippen molar-refractivity contribution in [3.05, 3.63) is 33.7 Å². The van der Waals surface area contributed by atoms with Crippen molar-refractivity contribution >= 4 is 17.7 Å². The van der Waals surface area contributed by atoms with Gasteiger partial charge in [0, 0.05) is 35.8 Å². The average Bonchev–Trinajstić information content (AvgIpc) is 2.43. The van der Waals surface area contributed by atoms with Crippen molar-refractivity contribution in [3.8, 4) is 0 Å². The summed E-state index contributed by atoms with van der Waals surface area (Å²) in [6.45, 7) is 10.1. The molecule has 1 atom stereocenters. The van der Waals surface area contributed by atoms with Crippen molar-refractivity contribution in [1.29, 1.82) is 0 Å². The van der Waals surface area contributed by atoms with Crippen molar-refractivity contribution in [2.75, 3.05) is 13.1 Å². The number of piperidine rings is 1. The fourth-order valence-corrected chi connectivity index (χ4v) is 3.18. The second-order valence-electron chi connectivity index (χ2n) is 8.38. The summed E-state index contributed by atoms with van der Waals surface area (Å²) in [6.07, 6.45) is 1.55. The van der Waals surface area contributed by atoms with E-state index in [1.54, 1.807) is 17.2 Å². The monoisotopic (exact) mass is 370 g/mol. The van der Waals surface area contributed by atoms with Crippen molar-refractivity contribution in [2.24, 2.45) is 5.41 Å². The van der Waals surface area contributed by atoms with Crippen molar-refractivity contribution < 1.29 is 14.6 Å². The van der Waals surface area contributed by atoms with Gasteiger partial charge in [0.1, 0.15) is 5.60 Å². The van der Waals surface area contributed by atoms with Gasteiger partial charge < -0.3 is 19.3 Å². The molecule has 1 fully saturated rings. The van der Waals surface area contributed by atoms with E-state index in [1.807, 2.05) is 34.6 Å². The highest BCUT2D eigenvalue weighted by Crippen LogP contribution is 2.40. The van der Waals surface area contributed by atoms with Crippen LogP contribution in [0.3, 0.4) is 0 Å². The Morgan fingerprint density at radius 3 is 2.56 bits per heavy atom. The zero-order chi connectivity index (χ0) is 19.0. The van der Waals surface area contributed by atoms with Crippen molar-refractivity contribution in [1.82, 2.24) is 9.47 Å². The Labute approximate surface area is 153 Å². The van der Waals surface area contributed by atoms with Gasteiger partial charge in [0.05, 0.1) is 12.1 Å². The maximum absolute atomic E-state index is 12.3. The first-order chi connectivity index (χ1) is 11.3. The Balaban J connectivity index is 2.16. The number of ether oxygens (including phenoxy) is 1. The second kappa shape index (κ2) is 6.65. The van der Waals surface area contributed by atoms with Crippen LogP contribution in [-0.4, -0.2) is 45.0 Å². The van der Waals surface area contributed by atoms with Crippen LogP contribution in [0.25, 0.3) is 0 Å². The van der Waals surface area contributed by atoms with E-state index < -0.39 is 16.6 Å². The van der Waals surface area contributed by atoms with Crippen LogP contribution in [-0.2, 0) is 11.3 Å². The normalized spacial score (nSPS) is 23.4. The molecule has 0 unspecified atom stereocenters. The van der Waals surface area contributed by atoms with Gasteiger partial charge >= 0.3 is 6.09 Å². The van der Waals surface area contributed by atoms with Crippen LogP contribution in [0.1, 0.15) is 41.0 Å². The van der Waals surface area contributed by atoms with E-state index in [2.05, 4.69) is 0 Å². The molecule has 25 heavy (non-hydrogen) atoms. The molecule has 1 aliphatic heterocycles. The minimum atomic E-state index is -1.12. The zero-order valence-electron chi connectivity index (χ0n) is 15.5. The molecule has 7 heteroatoms. The Hall–Kier alpha value is -1.53. The van der Waals surface area contributed by atoms with Gasteiger partial charge in [0.15, 0.2) is 0 Å². The minimum absolute atomic E-state index is 0.151. The highest BCUT2D eigenvalue weighted by Gasteiger charge is 2.49. The van der Waals surface area contributed by atoms with Crippen LogP contribution in [0.5, 0.6) is 0 Å². The predicted molar refractivity (Wildman–Crippen MR) is 96.9 cm³/mol. The molecular formula is C18H27ClN2O4. The lowest BCUT2D eigenvalue weighted by molar-refractivity contribution is -0.126. The lowest BCUT2D eigenvalue weighted by Gasteiger charge is -2.50. The number of nitrogens with zero attached hydrogens (tertiary/aromatic N) is 2. The van der Waals surface area contributed by atoms with Gasteiger partial charge in [-0.15, -0.1) is 0 Å². The lowest BCUT2D eigenvalue weighted by Crippen LogP contribution is -2.61. The Kier molecular flexibility index (Phi) is 5.26. The molecule has 0 bridgehead atoms. The molecule has 140 valence electrons. The van der Waals surface area contributed by atoms with Gasteiger partial charge in [-0.2, -0.15) is 0 Å². The number of aliphatic hydroxyl groups is 1. The third kappa shape index (κ3) is 4.55. The molecule has 0 aromatic carbocycles. The lowest BCUT2D eigenvalue weighted by atomic mass is 9.70. The van der Waals surface area contributed by atoms with Gasteiger partial charge in [0.25, 0.3) is 5.56 Å². The van der Waals surface area contributed by atoms with E-state index in [0.29, 0.717) is 24.5 Å². The summed E-state index contributed by atoms with van der Waals surface area (Å²) in [5.74, 6) is 0. The molecule has 0 aliphatic carbocycles. The summed E-state index contributed by atoms with van der Waals surface area (Å²) in [6, 6.07) is 2.95. The molecule has 1 saturated heterocycles. The van der Waals surface area contributed by atoms with Gasteiger partial charge in [-0.1, -0.05) is 25.4 Å². The molecule has 6 nitrogen and oxygen atoms in total. The largest absolute Gasteiger partial charge is 0.444 e. The van der Waals surface area contributed by atoms with E-state index in [0.717, 1.165) is 0 Å². The fraction of sp³-hybridized carbons (Fsp3) is 0.667. The number of pyridine rings is 1. The molecule has 0 spiro atoms. The van der Waals surface area contributed by atoms with Crippen molar-refractivity contribution in [3.63, 3.8) is 0 Å². The first kappa shape index (κ1) is 19.8. The quantitative estimate of drug-likeness (QED) is 0.868. The third-order valence-corrected chi connectivity index (χ3v) is 4.92. The number of aromatic nitrogens is 1. The zero-order valence-corrected chi connectivity index (χ0v) is 16.3. The Morgan fingerprint density at radius 2 is 2.04 bits per heavy atom. The number of rotatable bonds is 2. The maximum Gasteiger partial charge on any atom is 0.410 e. The van der Waals surface area contributed by atoms with Gasteiger partial charge in [-0.3, -0.25) is 4.79 Å². The highest BCUT2D eigenvalue weighted by molar-refractivity contribution is 6.30. The van der Waals surface area contributed by atoms with Crippen LogP contribution < -0.4 is 5.56 Å². The van der Waals surface area contributed by atoms with E-state index in [9.17, 15) is 14.7 Å². The minimum Gasteiger partial charge on any atom is -0.444 e. The molecule has 0 radical (unpaired) electrons. The van der Waals surface area contributed by atoms with Crippen LogP contribution in [0.4, 0.5) is 4.79 Å². The van der Waals surface area contributed by atoms with Crippen molar-refractivity contribution in [2.45, 2.75) is 58.8 Å². The summed E-state index contributed by atoms with van der Waals surface area (Å²) in [7, 11) is 0. The number of hydrogen-bond acceptors (Lipinski definition) is 4. The molecule has 0 saturated carbocycles. The van der Waals surface area contributed by atoms with E-state index >= 15 is 0 Å². The predicted octanol–water partition coefficient (Wildman–Crippen LogP) is 2.90. The summed E-state index contributed by atoms with van der Waals surface area (Å²) >= 11 is 5.82. The summed E-state index contributed by atoms with van der Waals surface area (Å²) in [5.41, 5.74) is -2.55. The van der Waals surface area contributed by atoms with E-state index in [-0.39, 0.29) is 18.2 Å². The number of carbonyl (C=O) groups excluding carboxylic acids is 1. The Morgan fingerprint density at radius 1 is 1.40 bits per heavy atom. The Bertz CT molecular complexity index is 708. The molecular weight excluding hydrogens is 344 g/mol. The SMILES string of the molecule is CC(C)(C)OC(=O)N1CC[C@@](O)(Cn2ccc(Cl)cc2=O)C(C)(C)C1. The number of halogens is 1. The second-order valence-corrected chi connectivity index (χ2v) is 8.81. The molecule has 1 aromatic heterocycles.